The molecule has 0 unspecified atom stereocenters. The van der Waals surface area contributed by atoms with Crippen molar-refractivity contribution in [2.45, 2.75) is 190 Å². The summed E-state index contributed by atoms with van der Waals surface area (Å²) in [5.74, 6) is 1.88. The first kappa shape index (κ1) is 92.3. The van der Waals surface area contributed by atoms with Crippen molar-refractivity contribution in [1.82, 2.24) is 10.0 Å². The third kappa shape index (κ3) is 31.3. The Morgan fingerprint density at radius 3 is 0.775 bits per heavy atom. The van der Waals surface area contributed by atoms with Gasteiger partial charge in [-0.25, -0.2) is 0 Å². The normalized spacial score (nSPS) is 14.4. The zero-order valence-corrected chi connectivity index (χ0v) is 61.7. The standard InChI is InChI=1S/2C25H25N3.10C2H6.2CH3.2Y/c2*1-20(26-18-21-12-6-3-7-13-21)28-19-25(2,23-16-10-5-11-17-23)24(27-28)22-14-8-4-9-15-22;10*1-2;;;;/h2*3-17H,18-19H2,1-2H3;10*1-2H3;2*1H3;;/q;;;;;;;;;;;;2*-1;;/t2*25-;;;;;;;;;;;;;;/m10............../s1. The van der Waals surface area contributed by atoms with Gasteiger partial charge in [0.1, 0.15) is 11.7 Å². The Morgan fingerprint density at radius 2 is 0.550 bits per heavy atom. The molecule has 8 rings (SSSR count). The summed E-state index contributed by atoms with van der Waals surface area (Å²) in [4.78, 5) is 9.60. The van der Waals surface area contributed by atoms with Gasteiger partial charge >= 0.3 is 0 Å². The van der Waals surface area contributed by atoms with Crippen LogP contribution in [-0.2, 0) is 89.3 Å². The van der Waals surface area contributed by atoms with Crippen LogP contribution in [0.2, 0.25) is 0 Å². The molecule has 6 aromatic rings. The average Bonchev–Trinajstić information content (AvgIpc) is 4.11. The average molecular weight is 1240 g/mol. The van der Waals surface area contributed by atoms with E-state index >= 15 is 0 Å². The largest absolute Gasteiger partial charge is 0.358 e. The van der Waals surface area contributed by atoms with E-state index in [0.717, 1.165) is 47.3 Å². The summed E-state index contributed by atoms with van der Waals surface area (Å²) in [6, 6.07) is 62.9. The molecule has 442 valence electrons. The molecule has 6 nitrogen and oxygen atoms in total. The van der Waals surface area contributed by atoms with Crippen molar-refractivity contribution in [3.63, 3.8) is 0 Å². The second kappa shape index (κ2) is 60.9. The van der Waals surface area contributed by atoms with E-state index in [1.165, 1.54) is 22.3 Å². The van der Waals surface area contributed by atoms with Gasteiger partial charge in [0, 0.05) is 65.4 Å². The maximum Gasteiger partial charge on any atom is 0.117 e. The van der Waals surface area contributed by atoms with Crippen LogP contribution < -0.4 is 0 Å². The fourth-order valence-electron chi connectivity index (χ4n) is 7.41. The molecule has 2 aliphatic heterocycles. The van der Waals surface area contributed by atoms with Crippen LogP contribution in [-0.4, -0.2) is 46.2 Å². The van der Waals surface area contributed by atoms with Crippen LogP contribution in [0.4, 0.5) is 0 Å². The molecule has 8 heteroatoms. The van der Waals surface area contributed by atoms with Crippen LogP contribution in [0.15, 0.2) is 202 Å². The second-order valence-corrected chi connectivity index (χ2v) is 14.8. The number of hydrogen-bond acceptors (Lipinski definition) is 4. The van der Waals surface area contributed by atoms with Gasteiger partial charge in [-0.1, -0.05) is 320 Å². The van der Waals surface area contributed by atoms with E-state index in [0.29, 0.717) is 13.1 Å². The van der Waals surface area contributed by atoms with Gasteiger partial charge in [0.15, 0.2) is 0 Å². The van der Waals surface area contributed by atoms with Crippen molar-refractivity contribution in [2.24, 2.45) is 20.2 Å². The summed E-state index contributed by atoms with van der Waals surface area (Å²) in [6.45, 7) is 51.6. The van der Waals surface area contributed by atoms with Crippen molar-refractivity contribution < 1.29 is 65.4 Å². The molecular formula is C72H116N6Y2-2. The monoisotopic (exact) mass is 1240 g/mol. The van der Waals surface area contributed by atoms with Gasteiger partial charge in [-0.3, -0.25) is 20.0 Å². The molecule has 2 heterocycles. The van der Waals surface area contributed by atoms with Crippen molar-refractivity contribution in [3.8, 4) is 0 Å². The van der Waals surface area contributed by atoms with E-state index in [9.17, 15) is 0 Å². The fraction of sp³-hybridized carbons (Fsp3) is 0.417. The first-order chi connectivity index (χ1) is 37.3. The predicted octanol–water partition coefficient (Wildman–Crippen LogP) is 21.7. The molecule has 2 aliphatic rings. The molecule has 0 fully saturated rings. The predicted molar refractivity (Wildman–Crippen MR) is 360 cm³/mol. The van der Waals surface area contributed by atoms with Gasteiger partial charge in [-0.2, -0.15) is 10.2 Å². The number of hydrogen-bond donors (Lipinski definition) is 0. The van der Waals surface area contributed by atoms with Crippen LogP contribution in [0.3, 0.4) is 0 Å². The number of rotatable bonds is 8. The van der Waals surface area contributed by atoms with Crippen LogP contribution >= 0.6 is 0 Å². The van der Waals surface area contributed by atoms with Crippen LogP contribution in [0.5, 0.6) is 0 Å². The number of amidine groups is 2. The van der Waals surface area contributed by atoms with Gasteiger partial charge in [-0.15, -0.1) is 0 Å². The van der Waals surface area contributed by atoms with E-state index in [4.69, 9.17) is 20.2 Å². The molecule has 0 N–H and O–H groups in total. The van der Waals surface area contributed by atoms with Crippen LogP contribution in [0.1, 0.15) is 200 Å². The Balaban J connectivity index is -0.000000158. The molecule has 6 aromatic carbocycles. The molecule has 0 aromatic heterocycles. The van der Waals surface area contributed by atoms with E-state index in [-0.39, 0.29) is 91.1 Å². The van der Waals surface area contributed by atoms with Gasteiger partial charge in [-0.05, 0) is 61.1 Å². The minimum Gasteiger partial charge on any atom is -0.358 e. The van der Waals surface area contributed by atoms with Crippen LogP contribution in [0, 0.1) is 14.9 Å². The molecule has 0 saturated heterocycles. The Bertz CT molecular complexity index is 2140. The minimum atomic E-state index is -0.188. The minimum absolute atomic E-state index is 0. The molecule has 0 amide bonds. The first-order valence-corrected chi connectivity index (χ1v) is 29.4. The van der Waals surface area contributed by atoms with Crippen molar-refractivity contribution in [2.75, 3.05) is 13.1 Å². The third-order valence-electron chi connectivity index (χ3n) is 10.7. The molecule has 80 heavy (non-hydrogen) atoms. The fourth-order valence-corrected chi connectivity index (χ4v) is 7.41. The summed E-state index contributed by atoms with van der Waals surface area (Å²) >= 11 is 0. The number of nitrogens with zero attached hydrogens (tertiary/aromatic N) is 6. The van der Waals surface area contributed by atoms with E-state index in [2.05, 4.69) is 157 Å². The molecule has 0 saturated carbocycles. The van der Waals surface area contributed by atoms with Crippen LogP contribution in [0.25, 0.3) is 0 Å². The van der Waals surface area contributed by atoms with Gasteiger partial charge < -0.3 is 14.9 Å². The summed E-state index contributed by atoms with van der Waals surface area (Å²) in [7, 11) is 0. The molecule has 0 aliphatic carbocycles. The number of benzene rings is 6. The summed E-state index contributed by atoms with van der Waals surface area (Å²) in [5, 5.41) is 14.1. The Hall–Kier alpha value is -4.19. The van der Waals surface area contributed by atoms with Crippen molar-refractivity contribution in [3.05, 3.63) is 230 Å². The number of aliphatic imine (C=N–C) groups is 2. The van der Waals surface area contributed by atoms with Crippen molar-refractivity contribution in [1.29, 1.82) is 0 Å². The molecular weight excluding hydrogens is 1130 g/mol. The van der Waals surface area contributed by atoms with E-state index in [1.807, 2.05) is 201 Å². The maximum atomic E-state index is 5.02. The summed E-state index contributed by atoms with van der Waals surface area (Å²) in [6.07, 6.45) is 0. The smallest absolute Gasteiger partial charge is 0.117 e. The Morgan fingerprint density at radius 1 is 0.350 bits per heavy atom. The van der Waals surface area contributed by atoms with E-state index < -0.39 is 0 Å². The molecule has 0 bridgehead atoms. The second-order valence-electron chi connectivity index (χ2n) is 14.8. The zero-order chi connectivity index (χ0) is 58.8. The topological polar surface area (TPSA) is 55.9 Å². The van der Waals surface area contributed by atoms with Gasteiger partial charge in [0.25, 0.3) is 0 Å². The quantitative estimate of drug-likeness (QED) is 0.0866. The maximum absolute atomic E-state index is 5.02. The van der Waals surface area contributed by atoms with Gasteiger partial charge in [0.05, 0.1) is 48.4 Å². The molecule has 0 spiro atoms. The van der Waals surface area contributed by atoms with Gasteiger partial charge in [0.2, 0.25) is 0 Å². The SMILES string of the molecule is CC.CC.CC.CC.CC.CC.CC.CC.CC.CC.CC(=NCc1ccccc1)N1C[C@@](C)(c2ccccc2)C(c2ccccc2)=N1.CC(=NCc1ccccc1)N1C[C@](C)(c2ccccc2)C(c2ccccc2)=N1.[CH3-].[CH3-].[Y].[Y]. The third-order valence-corrected chi connectivity index (χ3v) is 10.7. The van der Waals surface area contributed by atoms with Crippen molar-refractivity contribution >= 4 is 23.1 Å². The Kier molecular flexibility index (Phi) is 70.2. The number of hydrazone groups is 2. The first-order valence-electron chi connectivity index (χ1n) is 29.4. The van der Waals surface area contributed by atoms with E-state index in [1.54, 1.807) is 0 Å². The Labute approximate surface area is 547 Å². The molecule has 2 atom stereocenters. The summed E-state index contributed by atoms with van der Waals surface area (Å²) in [5.41, 5.74) is 9.09. The zero-order valence-electron chi connectivity index (χ0n) is 56.0. The summed E-state index contributed by atoms with van der Waals surface area (Å²) < 4.78 is 0. The molecule has 2 radical (unpaired) electrons.